The van der Waals surface area contributed by atoms with Crippen LogP contribution in [0.15, 0.2) is 58.5 Å². The minimum atomic E-state index is -3.71. The molecule has 7 nitrogen and oxygen atoms in total. The molecule has 2 aromatic carbocycles. The van der Waals surface area contributed by atoms with Crippen molar-refractivity contribution in [2.24, 2.45) is 5.10 Å². The average Bonchev–Trinajstić information content (AvgIpc) is 2.70. The molecule has 0 amide bonds. The van der Waals surface area contributed by atoms with Gasteiger partial charge in [-0.1, -0.05) is 12.1 Å². The van der Waals surface area contributed by atoms with Gasteiger partial charge < -0.3 is 14.4 Å². The standard InChI is InChI=1S/C19H23N3O4S/c1-2-26-18-7-9-19(10-8-18)27(23,24)21-20-15-16-3-5-17(6-4-16)22-11-13-25-14-12-22/h3-10,15,21H,2,11-14H2,1H3. The van der Waals surface area contributed by atoms with Gasteiger partial charge >= 0.3 is 0 Å². The number of hydrazone groups is 1. The normalized spacial score (nSPS) is 15.1. The number of nitrogens with zero attached hydrogens (tertiary/aromatic N) is 2. The highest BCUT2D eigenvalue weighted by Gasteiger charge is 2.13. The predicted octanol–water partition coefficient (Wildman–Crippen LogP) is 2.23. The number of morpholine rings is 1. The summed E-state index contributed by atoms with van der Waals surface area (Å²) in [6.07, 6.45) is 1.48. The molecule has 1 N–H and O–H groups in total. The summed E-state index contributed by atoms with van der Waals surface area (Å²) < 4.78 is 35.2. The second-order valence-corrected chi connectivity index (χ2v) is 7.61. The molecular weight excluding hydrogens is 366 g/mol. The van der Waals surface area contributed by atoms with Crippen molar-refractivity contribution in [2.75, 3.05) is 37.8 Å². The molecule has 0 saturated carbocycles. The van der Waals surface area contributed by atoms with Gasteiger partial charge in [0.25, 0.3) is 10.0 Å². The van der Waals surface area contributed by atoms with E-state index >= 15 is 0 Å². The second-order valence-electron chi connectivity index (χ2n) is 5.95. The molecule has 3 rings (SSSR count). The summed E-state index contributed by atoms with van der Waals surface area (Å²) in [6.45, 7) is 5.60. The molecule has 8 heteroatoms. The molecule has 1 heterocycles. The van der Waals surface area contributed by atoms with E-state index in [-0.39, 0.29) is 4.90 Å². The molecule has 1 fully saturated rings. The van der Waals surface area contributed by atoms with Crippen molar-refractivity contribution in [3.8, 4) is 5.75 Å². The first kappa shape index (κ1) is 19.2. The van der Waals surface area contributed by atoms with Crippen LogP contribution >= 0.6 is 0 Å². The number of hydrogen-bond acceptors (Lipinski definition) is 6. The number of ether oxygens (including phenoxy) is 2. The van der Waals surface area contributed by atoms with Gasteiger partial charge in [0, 0.05) is 18.8 Å². The van der Waals surface area contributed by atoms with Crippen molar-refractivity contribution in [2.45, 2.75) is 11.8 Å². The highest BCUT2D eigenvalue weighted by Crippen LogP contribution is 2.17. The summed E-state index contributed by atoms with van der Waals surface area (Å²) >= 11 is 0. The SMILES string of the molecule is CCOc1ccc(S(=O)(=O)NN=Cc2ccc(N3CCOCC3)cc2)cc1. The zero-order valence-corrected chi connectivity index (χ0v) is 16.0. The van der Waals surface area contributed by atoms with Crippen LogP contribution in [0.4, 0.5) is 5.69 Å². The maximum atomic E-state index is 12.3. The third kappa shape index (κ3) is 5.21. The van der Waals surface area contributed by atoms with Crippen molar-refractivity contribution < 1.29 is 17.9 Å². The van der Waals surface area contributed by atoms with Crippen molar-refractivity contribution in [1.29, 1.82) is 0 Å². The zero-order chi connectivity index (χ0) is 19.1. The number of benzene rings is 2. The first-order valence-electron chi connectivity index (χ1n) is 8.79. The molecule has 1 saturated heterocycles. The van der Waals surface area contributed by atoms with Gasteiger partial charge in [-0.15, -0.1) is 0 Å². The lowest BCUT2D eigenvalue weighted by molar-refractivity contribution is 0.122. The maximum Gasteiger partial charge on any atom is 0.276 e. The fourth-order valence-corrected chi connectivity index (χ4v) is 3.49. The van der Waals surface area contributed by atoms with E-state index in [2.05, 4.69) is 14.8 Å². The predicted molar refractivity (Wildman–Crippen MR) is 105 cm³/mol. The molecule has 0 aromatic heterocycles. The molecule has 0 unspecified atom stereocenters. The molecule has 0 aliphatic carbocycles. The summed E-state index contributed by atoms with van der Waals surface area (Å²) in [7, 11) is -3.71. The van der Waals surface area contributed by atoms with E-state index in [0.29, 0.717) is 12.4 Å². The third-order valence-corrected chi connectivity index (χ3v) is 5.34. The van der Waals surface area contributed by atoms with E-state index in [0.717, 1.165) is 37.6 Å². The maximum absolute atomic E-state index is 12.3. The Balaban J connectivity index is 1.60. The molecule has 2 aromatic rings. The van der Waals surface area contributed by atoms with Crippen LogP contribution in [-0.2, 0) is 14.8 Å². The van der Waals surface area contributed by atoms with Crippen LogP contribution in [0.3, 0.4) is 0 Å². The fraction of sp³-hybridized carbons (Fsp3) is 0.316. The summed E-state index contributed by atoms with van der Waals surface area (Å²) in [4.78, 5) is 4.61. The number of rotatable bonds is 7. The van der Waals surface area contributed by atoms with Gasteiger partial charge in [-0.2, -0.15) is 13.5 Å². The van der Waals surface area contributed by atoms with Crippen LogP contribution in [0.2, 0.25) is 0 Å². The van der Waals surface area contributed by atoms with Crippen LogP contribution in [0.25, 0.3) is 0 Å². The Morgan fingerprint density at radius 2 is 1.78 bits per heavy atom. The lowest BCUT2D eigenvalue weighted by atomic mass is 10.2. The summed E-state index contributed by atoms with van der Waals surface area (Å²) in [5, 5.41) is 3.86. The monoisotopic (exact) mass is 389 g/mol. The number of hydrogen-bond donors (Lipinski definition) is 1. The Morgan fingerprint density at radius 1 is 1.11 bits per heavy atom. The average molecular weight is 389 g/mol. The summed E-state index contributed by atoms with van der Waals surface area (Å²) in [5.41, 5.74) is 1.92. The highest BCUT2D eigenvalue weighted by atomic mass is 32.2. The first-order valence-corrected chi connectivity index (χ1v) is 10.3. The molecule has 0 bridgehead atoms. The van der Waals surface area contributed by atoms with Gasteiger partial charge in [0.2, 0.25) is 0 Å². The van der Waals surface area contributed by atoms with Gasteiger partial charge in [0.15, 0.2) is 0 Å². The van der Waals surface area contributed by atoms with Gasteiger partial charge in [0.1, 0.15) is 5.75 Å². The van der Waals surface area contributed by atoms with Crippen molar-refractivity contribution in [3.63, 3.8) is 0 Å². The lowest BCUT2D eigenvalue weighted by Crippen LogP contribution is -2.36. The largest absolute Gasteiger partial charge is 0.494 e. The van der Waals surface area contributed by atoms with Crippen LogP contribution in [-0.4, -0.2) is 47.5 Å². The first-order chi connectivity index (χ1) is 13.1. The molecule has 0 atom stereocenters. The van der Waals surface area contributed by atoms with Crippen molar-refractivity contribution >= 4 is 21.9 Å². The van der Waals surface area contributed by atoms with Gasteiger partial charge in [-0.3, -0.25) is 0 Å². The Morgan fingerprint density at radius 3 is 2.41 bits per heavy atom. The van der Waals surface area contributed by atoms with E-state index < -0.39 is 10.0 Å². The second kappa shape index (κ2) is 8.88. The fourth-order valence-electron chi connectivity index (χ4n) is 2.70. The Hall–Kier alpha value is -2.58. The molecule has 1 aliphatic heterocycles. The Labute approximate surface area is 159 Å². The van der Waals surface area contributed by atoms with Gasteiger partial charge in [-0.25, -0.2) is 4.83 Å². The number of anilines is 1. The lowest BCUT2D eigenvalue weighted by Gasteiger charge is -2.28. The summed E-state index contributed by atoms with van der Waals surface area (Å²) in [5.74, 6) is 0.625. The van der Waals surface area contributed by atoms with Crippen LogP contribution in [0.5, 0.6) is 5.75 Å². The molecular formula is C19H23N3O4S. The quantitative estimate of drug-likeness (QED) is 0.580. The molecule has 27 heavy (non-hydrogen) atoms. The van der Waals surface area contributed by atoms with Gasteiger partial charge in [0.05, 0.1) is 30.9 Å². The van der Waals surface area contributed by atoms with Gasteiger partial charge in [-0.05, 0) is 48.9 Å². The third-order valence-electron chi connectivity index (χ3n) is 4.10. The van der Waals surface area contributed by atoms with Crippen LogP contribution < -0.4 is 14.5 Å². The highest BCUT2D eigenvalue weighted by molar-refractivity contribution is 7.89. The zero-order valence-electron chi connectivity index (χ0n) is 15.2. The number of nitrogens with one attached hydrogen (secondary N) is 1. The molecule has 144 valence electrons. The molecule has 0 radical (unpaired) electrons. The van der Waals surface area contributed by atoms with Crippen LogP contribution in [0, 0.1) is 0 Å². The molecule has 0 spiro atoms. The minimum absolute atomic E-state index is 0.130. The van der Waals surface area contributed by atoms with E-state index in [1.807, 2.05) is 31.2 Å². The van der Waals surface area contributed by atoms with E-state index in [1.54, 1.807) is 12.1 Å². The van der Waals surface area contributed by atoms with Crippen LogP contribution in [0.1, 0.15) is 12.5 Å². The molecule has 1 aliphatic rings. The van der Waals surface area contributed by atoms with Crippen molar-refractivity contribution in [3.05, 3.63) is 54.1 Å². The summed E-state index contributed by atoms with van der Waals surface area (Å²) in [6, 6.07) is 14.0. The topological polar surface area (TPSA) is 80.2 Å². The van der Waals surface area contributed by atoms with E-state index in [4.69, 9.17) is 9.47 Å². The van der Waals surface area contributed by atoms with Crippen molar-refractivity contribution in [1.82, 2.24) is 4.83 Å². The van der Waals surface area contributed by atoms with E-state index in [1.165, 1.54) is 18.3 Å². The van der Waals surface area contributed by atoms with E-state index in [9.17, 15) is 8.42 Å². The number of sulfonamides is 1. The Kier molecular flexibility index (Phi) is 6.31. The smallest absolute Gasteiger partial charge is 0.276 e. The minimum Gasteiger partial charge on any atom is -0.494 e. The Bertz CT molecular complexity index is 859.